The zero-order chi connectivity index (χ0) is 12.3. The van der Waals surface area contributed by atoms with Crippen LogP contribution in [0.3, 0.4) is 0 Å². The first-order chi connectivity index (χ1) is 8.30. The van der Waals surface area contributed by atoms with Crippen LogP contribution in [0.5, 0.6) is 0 Å². The lowest BCUT2D eigenvalue weighted by molar-refractivity contribution is 0.784. The summed E-state index contributed by atoms with van der Waals surface area (Å²) < 4.78 is 1.71. The van der Waals surface area contributed by atoms with Crippen LogP contribution < -0.4 is 0 Å². The summed E-state index contributed by atoms with van der Waals surface area (Å²) in [5.41, 5.74) is 1.06. The SMILES string of the molecule is CCc1nc(CC)n(-c2cccnc2C#N)n1. The van der Waals surface area contributed by atoms with Crippen LogP contribution in [0.15, 0.2) is 18.3 Å². The Bertz CT molecular complexity index is 565. The smallest absolute Gasteiger partial charge is 0.166 e. The van der Waals surface area contributed by atoms with E-state index >= 15 is 0 Å². The van der Waals surface area contributed by atoms with E-state index in [9.17, 15) is 0 Å². The Labute approximate surface area is 99.8 Å². The molecule has 2 aromatic rings. The van der Waals surface area contributed by atoms with Crippen molar-refractivity contribution < 1.29 is 0 Å². The Hall–Kier alpha value is -2.22. The molecule has 86 valence electrons. The predicted molar refractivity (Wildman–Crippen MR) is 62.6 cm³/mol. The standard InChI is InChI=1S/C12H13N5/c1-3-11-15-12(4-2)17(16-11)10-6-5-7-14-9(10)8-13/h5-7H,3-4H2,1-2H3. The maximum absolute atomic E-state index is 9.03. The van der Waals surface area contributed by atoms with Crippen LogP contribution in [0.25, 0.3) is 5.69 Å². The number of aromatic nitrogens is 4. The summed E-state index contributed by atoms with van der Waals surface area (Å²) in [5.74, 6) is 1.64. The van der Waals surface area contributed by atoms with E-state index in [-0.39, 0.29) is 0 Å². The molecule has 0 saturated heterocycles. The number of hydrogen-bond donors (Lipinski definition) is 0. The van der Waals surface area contributed by atoms with E-state index < -0.39 is 0 Å². The highest BCUT2D eigenvalue weighted by Gasteiger charge is 2.12. The Morgan fingerprint density at radius 3 is 2.82 bits per heavy atom. The van der Waals surface area contributed by atoms with Gasteiger partial charge in [0.05, 0.1) is 0 Å². The summed E-state index contributed by atoms with van der Waals surface area (Å²) in [7, 11) is 0. The monoisotopic (exact) mass is 227 g/mol. The first-order valence-electron chi connectivity index (χ1n) is 5.60. The highest BCUT2D eigenvalue weighted by molar-refractivity contribution is 5.43. The molecule has 0 unspecified atom stereocenters. The lowest BCUT2D eigenvalue weighted by Crippen LogP contribution is -2.05. The van der Waals surface area contributed by atoms with Gasteiger partial charge in [0.15, 0.2) is 11.5 Å². The molecule has 0 atom stereocenters. The minimum Gasteiger partial charge on any atom is -0.243 e. The van der Waals surface area contributed by atoms with Gasteiger partial charge in [0, 0.05) is 19.0 Å². The van der Waals surface area contributed by atoms with Gasteiger partial charge in [-0.1, -0.05) is 13.8 Å². The molecule has 0 saturated carbocycles. The minimum atomic E-state index is 0.370. The molecule has 2 aromatic heterocycles. The average Bonchev–Trinajstić information content (AvgIpc) is 2.81. The van der Waals surface area contributed by atoms with Crippen LogP contribution in [0.2, 0.25) is 0 Å². The number of pyridine rings is 1. The maximum Gasteiger partial charge on any atom is 0.166 e. The number of rotatable bonds is 3. The first kappa shape index (κ1) is 11.3. The zero-order valence-electron chi connectivity index (χ0n) is 9.88. The lowest BCUT2D eigenvalue weighted by atomic mass is 10.3. The zero-order valence-corrected chi connectivity index (χ0v) is 9.88. The van der Waals surface area contributed by atoms with Crippen molar-refractivity contribution in [1.82, 2.24) is 19.7 Å². The van der Waals surface area contributed by atoms with Crippen molar-refractivity contribution in [3.05, 3.63) is 35.7 Å². The summed E-state index contributed by atoms with van der Waals surface area (Å²) in [6, 6.07) is 5.70. The third-order valence-corrected chi connectivity index (χ3v) is 2.47. The fourth-order valence-electron chi connectivity index (χ4n) is 1.62. The van der Waals surface area contributed by atoms with Crippen molar-refractivity contribution in [2.45, 2.75) is 26.7 Å². The summed E-state index contributed by atoms with van der Waals surface area (Å²) in [6.45, 7) is 4.02. The highest BCUT2D eigenvalue weighted by Crippen LogP contribution is 2.13. The first-order valence-corrected chi connectivity index (χ1v) is 5.60. The highest BCUT2D eigenvalue weighted by atomic mass is 15.4. The molecule has 0 radical (unpaired) electrons. The number of nitrogens with zero attached hydrogens (tertiary/aromatic N) is 5. The lowest BCUT2D eigenvalue weighted by Gasteiger charge is -2.04. The predicted octanol–water partition coefficient (Wildman–Crippen LogP) is 1.66. The van der Waals surface area contributed by atoms with Gasteiger partial charge in [-0.3, -0.25) is 0 Å². The van der Waals surface area contributed by atoms with Crippen LogP contribution in [0, 0.1) is 11.3 Å². The van der Waals surface area contributed by atoms with Gasteiger partial charge < -0.3 is 0 Å². The van der Waals surface area contributed by atoms with Crippen molar-refractivity contribution in [3.63, 3.8) is 0 Å². The summed E-state index contributed by atoms with van der Waals surface area (Å²) in [4.78, 5) is 8.45. The van der Waals surface area contributed by atoms with Crippen LogP contribution >= 0.6 is 0 Å². The molecule has 5 heteroatoms. The molecule has 5 nitrogen and oxygen atoms in total. The van der Waals surface area contributed by atoms with Gasteiger partial charge in [-0.15, -0.1) is 0 Å². The van der Waals surface area contributed by atoms with E-state index in [4.69, 9.17) is 5.26 Å². The molecule has 0 amide bonds. The van der Waals surface area contributed by atoms with Gasteiger partial charge in [-0.05, 0) is 12.1 Å². The summed E-state index contributed by atoms with van der Waals surface area (Å²) in [6.07, 6.45) is 3.15. The van der Waals surface area contributed by atoms with E-state index in [2.05, 4.69) is 21.1 Å². The van der Waals surface area contributed by atoms with Crippen LogP contribution in [-0.4, -0.2) is 19.7 Å². The molecule has 0 aliphatic carbocycles. The molecule has 17 heavy (non-hydrogen) atoms. The minimum absolute atomic E-state index is 0.370. The Morgan fingerprint density at radius 1 is 1.35 bits per heavy atom. The van der Waals surface area contributed by atoms with Crippen LogP contribution in [0.4, 0.5) is 0 Å². The Kier molecular flexibility index (Phi) is 3.15. The molecule has 0 aromatic carbocycles. The Morgan fingerprint density at radius 2 is 2.18 bits per heavy atom. The van der Waals surface area contributed by atoms with Crippen molar-refractivity contribution in [2.75, 3.05) is 0 Å². The van der Waals surface area contributed by atoms with E-state index in [1.54, 1.807) is 16.9 Å². The Balaban J connectivity index is 2.60. The fraction of sp³-hybridized carbons (Fsp3) is 0.333. The van der Waals surface area contributed by atoms with Crippen LogP contribution in [-0.2, 0) is 12.8 Å². The molecule has 0 aliphatic rings. The van der Waals surface area contributed by atoms with Gasteiger partial charge >= 0.3 is 0 Å². The molecule has 0 fully saturated rings. The number of hydrogen-bond acceptors (Lipinski definition) is 4. The van der Waals surface area contributed by atoms with Gasteiger partial charge in [0.25, 0.3) is 0 Å². The van der Waals surface area contributed by atoms with Gasteiger partial charge in [0.2, 0.25) is 0 Å². The van der Waals surface area contributed by atoms with Crippen molar-refractivity contribution >= 4 is 0 Å². The van der Waals surface area contributed by atoms with Gasteiger partial charge in [-0.25, -0.2) is 14.6 Å². The van der Waals surface area contributed by atoms with Gasteiger partial charge in [-0.2, -0.15) is 10.4 Å². The third-order valence-electron chi connectivity index (χ3n) is 2.47. The molecule has 0 spiro atoms. The van der Waals surface area contributed by atoms with E-state index in [1.165, 1.54) is 0 Å². The van der Waals surface area contributed by atoms with E-state index in [0.717, 1.165) is 24.5 Å². The van der Waals surface area contributed by atoms with Crippen molar-refractivity contribution in [1.29, 1.82) is 5.26 Å². The average molecular weight is 227 g/mol. The van der Waals surface area contributed by atoms with E-state index in [0.29, 0.717) is 11.4 Å². The maximum atomic E-state index is 9.03. The summed E-state index contributed by atoms with van der Waals surface area (Å²) in [5, 5.41) is 13.4. The van der Waals surface area contributed by atoms with Gasteiger partial charge in [0.1, 0.15) is 17.6 Å². The topological polar surface area (TPSA) is 67.4 Å². The molecular formula is C12H13N5. The summed E-state index contributed by atoms with van der Waals surface area (Å²) >= 11 is 0. The number of aryl methyl sites for hydroxylation is 2. The molecule has 2 rings (SSSR count). The largest absolute Gasteiger partial charge is 0.243 e. The van der Waals surface area contributed by atoms with Crippen molar-refractivity contribution in [3.8, 4) is 11.8 Å². The quantitative estimate of drug-likeness (QED) is 0.799. The molecular weight excluding hydrogens is 214 g/mol. The molecule has 0 aliphatic heterocycles. The molecule has 0 N–H and O–H groups in total. The van der Waals surface area contributed by atoms with Crippen molar-refractivity contribution in [2.24, 2.45) is 0 Å². The second kappa shape index (κ2) is 4.74. The fourth-order valence-corrected chi connectivity index (χ4v) is 1.62. The molecule has 0 bridgehead atoms. The molecule has 2 heterocycles. The normalized spacial score (nSPS) is 10.2. The van der Waals surface area contributed by atoms with E-state index in [1.807, 2.05) is 19.9 Å². The third kappa shape index (κ3) is 2.02. The van der Waals surface area contributed by atoms with Crippen LogP contribution in [0.1, 0.15) is 31.2 Å². The number of nitriles is 1. The second-order valence-electron chi connectivity index (χ2n) is 3.55. The second-order valence-corrected chi connectivity index (χ2v) is 3.55.